The Morgan fingerprint density at radius 3 is 2.29 bits per heavy atom. The molecule has 0 fully saturated rings. The predicted octanol–water partition coefficient (Wildman–Crippen LogP) is 4.37. The standard InChI is InChI=1S/C26H28N2O7/c1-33-24-11-17(12-25(34-2)26(24)35-3)10-21-20-14-23(30)22(29)13-18(20)7-8-27(21)15-16-5-4-6-19(9-16)28(31)32/h4-6,9,11-14,21,29-30H,7-8,10,15H2,1-3H3/t21-/m0/s1. The van der Waals surface area contributed by atoms with Gasteiger partial charge in [0, 0.05) is 31.3 Å². The van der Waals surface area contributed by atoms with Crippen molar-refractivity contribution in [3.05, 3.63) is 80.9 Å². The summed E-state index contributed by atoms with van der Waals surface area (Å²) in [5, 5.41) is 31.6. The van der Waals surface area contributed by atoms with E-state index >= 15 is 0 Å². The molecule has 35 heavy (non-hydrogen) atoms. The molecule has 1 heterocycles. The normalized spacial score (nSPS) is 15.3. The first kappa shape index (κ1) is 24.2. The molecule has 0 unspecified atom stereocenters. The second-order valence-electron chi connectivity index (χ2n) is 8.44. The van der Waals surface area contributed by atoms with Gasteiger partial charge in [0.15, 0.2) is 23.0 Å². The van der Waals surface area contributed by atoms with Gasteiger partial charge in [0.05, 0.1) is 26.3 Å². The Hall–Kier alpha value is -3.98. The molecule has 0 bridgehead atoms. The molecule has 9 nitrogen and oxygen atoms in total. The van der Waals surface area contributed by atoms with Crippen LogP contribution in [-0.2, 0) is 19.4 Å². The lowest BCUT2D eigenvalue weighted by Crippen LogP contribution is -2.36. The maximum atomic E-state index is 11.3. The van der Waals surface area contributed by atoms with Crippen LogP contribution in [0.15, 0.2) is 48.5 Å². The van der Waals surface area contributed by atoms with Crippen LogP contribution in [0.3, 0.4) is 0 Å². The lowest BCUT2D eigenvalue weighted by Gasteiger charge is -2.38. The van der Waals surface area contributed by atoms with Gasteiger partial charge in [-0.2, -0.15) is 0 Å². The zero-order valence-corrected chi connectivity index (χ0v) is 19.9. The largest absolute Gasteiger partial charge is 0.504 e. The molecule has 0 spiro atoms. The molecule has 4 rings (SSSR count). The number of benzene rings is 3. The summed E-state index contributed by atoms with van der Waals surface area (Å²) in [7, 11) is 4.67. The van der Waals surface area contributed by atoms with Gasteiger partial charge in [0.25, 0.3) is 5.69 Å². The van der Waals surface area contributed by atoms with E-state index in [2.05, 4.69) is 4.90 Å². The van der Waals surface area contributed by atoms with Gasteiger partial charge in [-0.25, -0.2) is 0 Å². The van der Waals surface area contributed by atoms with Gasteiger partial charge >= 0.3 is 0 Å². The average molecular weight is 481 g/mol. The number of ether oxygens (including phenoxy) is 3. The minimum absolute atomic E-state index is 0.0450. The van der Waals surface area contributed by atoms with E-state index in [4.69, 9.17) is 14.2 Å². The van der Waals surface area contributed by atoms with Crippen molar-refractivity contribution in [1.82, 2.24) is 4.90 Å². The highest BCUT2D eigenvalue weighted by atomic mass is 16.6. The van der Waals surface area contributed by atoms with Crippen LogP contribution in [0.5, 0.6) is 28.7 Å². The number of aromatic hydroxyl groups is 2. The van der Waals surface area contributed by atoms with Gasteiger partial charge in [-0.05, 0) is 59.4 Å². The molecular formula is C26H28N2O7. The van der Waals surface area contributed by atoms with E-state index in [9.17, 15) is 20.3 Å². The summed E-state index contributed by atoms with van der Waals surface area (Å²) in [4.78, 5) is 13.1. The topological polar surface area (TPSA) is 115 Å². The smallest absolute Gasteiger partial charge is 0.269 e. The van der Waals surface area contributed by atoms with Gasteiger partial charge in [-0.1, -0.05) is 12.1 Å². The van der Waals surface area contributed by atoms with Crippen molar-refractivity contribution in [3.63, 3.8) is 0 Å². The molecule has 0 saturated heterocycles. The molecular weight excluding hydrogens is 452 g/mol. The van der Waals surface area contributed by atoms with Crippen LogP contribution in [0.2, 0.25) is 0 Å². The Morgan fingerprint density at radius 1 is 0.971 bits per heavy atom. The van der Waals surface area contributed by atoms with E-state index < -0.39 is 4.92 Å². The van der Waals surface area contributed by atoms with Crippen LogP contribution in [0, 0.1) is 10.1 Å². The second kappa shape index (κ2) is 10.1. The lowest BCUT2D eigenvalue weighted by molar-refractivity contribution is -0.384. The third-order valence-corrected chi connectivity index (χ3v) is 6.37. The number of nitro benzene ring substituents is 1. The van der Waals surface area contributed by atoms with Crippen LogP contribution >= 0.6 is 0 Å². The summed E-state index contributed by atoms with van der Waals surface area (Å²) in [5.74, 6) is 1.24. The van der Waals surface area contributed by atoms with Crippen molar-refractivity contribution in [1.29, 1.82) is 0 Å². The molecule has 2 N–H and O–H groups in total. The SMILES string of the molecule is COc1cc(C[C@H]2c3cc(O)c(O)cc3CCN2Cc2cccc([N+](=O)[O-])c2)cc(OC)c1OC. The average Bonchev–Trinajstić information content (AvgIpc) is 2.86. The Balaban J connectivity index is 1.75. The zero-order valence-electron chi connectivity index (χ0n) is 19.9. The van der Waals surface area contributed by atoms with E-state index in [1.165, 1.54) is 6.07 Å². The summed E-state index contributed by atoms with van der Waals surface area (Å²) in [5.41, 5.74) is 3.64. The summed E-state index contributed by atoms with van der Waals surface area (Å²) < 4.78 is 16.5. The molecule has 0 aliphatic carbocycles. The molecule has 1 aliphatic rings. The monoisotopic (exact) mass is 480 g/mol. The number of non-ortho nitro benzene ring substituents is 1. The first-order chi connectivity index (χ1) is 16.8. The number of phenols is 2. The highest BCUT2D eigenvalue weighted by molar-refractivity contribution is 5.54. The predicted molar refractivity (Wildman–Crippen MR) is 130 cm³/mol. The molecule has 1 aliphatic heterocycles. The molecule has 3 aromatic carbocycles. The van der Waals surface area contributed by atoms with Crippen molar-refractivity contribution in [2.24, 2.45) is 0 Å². The number of hydrogen-bond acceptors (Lipinski definition) is 8. The quantitative estimate of drug-likeness (QED) is 0.277. The molecule has 0 amide bonds. The molecule has 9 heteroatoms. The number of methoxy groups -OCH3 is 3. The summed E-state index contributed by atoms with van der Waals surface area (Å²) in [6.07, 6.45) is 1.21. The van der Waals surface area contributed by atoms with Gasteiger partial charge in [0.2, 0.25) is 5.75 Å². The maximum absolute atomic E-state index is 11.3. The van der Waals surface area contributed by atoms with Crippen molar-refractivity contribution < 1.29 is 29.3 Å². The van der Waals surface area contributed by atoms with E-state index in [1.807, 2.05) is 18.2 Å². The Bertz CT molecular complexity index is 1220. The van der Waals surface area contributed by atoms with Crippen LogP contribution < -0.4 is 14.2 Å². The van der Waals surface area contributed by atoms with Gasteiger partial charge < -0.3 is 24.4 Å². The van der Waals surface area contributed by atoms with Crippen LogP contribution in [0.25, 0.3) is 0 Å². The van der Waals surface area contributed by atoms with E-state index in [0.717, 1.165) is 22.3 Å². The summed E-state index contributed by atoms with van der Waals surface area (Å²) in [6, 6.07) is 13.4. The fraction of sp³-hybridized carbons (Fsp3) is 0.308. The minimum atomic E-state index is -0.400. The van der Waals surface area contributed by atoms with Crippen LogP contribution in [0.1, 0.15) is 28.3 Å². The summed E-state index contributed by atoms with van der Waals surface area (Å²) >= 11 is 0. The molecule has 184 valence electrons. The van der Waals surface area contributed by atoms with Crippen molar-refractivity contribution >= 4 is 5.69 Å². The molecule has 0 saturated carbocycles. The van der Waals surface area contributed by atoms with Gasteiger partial charge in [-0.3, -0.25) is 15.0 Å². The maximum Gasteiger partial charge on any atom is 0.269 e. The fourth-order valence-electron chi connectivity index (χ4n) is 4.69. The zero-order chi connectivity index (χ0) is 25.1. The van der Waals surface area contributed by atoms with Crippen LogP contribution in [-0.4, -0.2) is 47.9 Å². The number of phenolic OH excluding ortho intramolecular Hbond substituents is 2. The Kier molecular flexibility index (Phi) is 6.97. The number of nitrogens with zero attached hydrogens (tertiary/aromatic N) is 2. The van der Waals surface area contributed by atoms with E-state index in [0.29, 0.717) is 43.2 Å². The summed E-state index contributed by atoms with van der Waals surface area (Å²) in [6.45, 7) is 1.16. The number of rotatable bonds is 8. The molecule has 0 radical (unpaired) electrons. The first-order valence-electron chi connectivity index (χ1n) is 11.2. The molecule has 1 atom stereocenters. The van der Waals surface area contributed by atoms with Crippen molar-refractivity contribution in [2.75, 3.05) is 27.9 Å². The first-order valence-corrected chi connectivity index (χ1v) is 11.2. The Morgan fingerprint density at radius 2 is 1.66 bits per heavy atom. The number of hydrogen-bond donors (Lipinski definition) is 2. The lowest BCUT2D eigenvalue weighted by atomic mass is 9.87. The molecule has 3 aromatic rings. The van der Waals surface area contributed by atoms with E-state index in [1.54, 1.807) is 45.6 Å². The highest BCUT2D eigenvalue weighted by Gasteiger charge is 2.30. The number of nitro groups is 1. The molecule has 0 aromatic heterocycles. The van der Waals surface area contributed by atoms with Gasteiger partial charge in [0.1, 0.15) is 0 Å². The van der Waals surface area contributed by atoms with E-state index in [-0.39, 0.29) is 23.2 Å². The van der Waals surface area contributed by atoms with Crippen molar-refractivity contribution in [2.45, 2.75) is 25.4 Å². The number of fused-ring (bicyclic) bond motifs is 1. The fourth-order valence-corrected chi connectivity index (χ4v) is 4.69. The van der Waals surface area contributed by atoms with Crippen molar-refractivity contribution in [3.8, 4) is 28.7 Å². The third-order valence-electron chi connectivity index (χ3n) is 6.37. The third kappa shape index (κ3) is 4.95. The van der Waals surface area contributed by atoms with Gasteiger partial charge in [-0.15, -0.1) is 0 Å². The highest BCUT2D eigenvalue weighted by Crippen LogP contribution is 2.42. The minimum Gasteiger partial charge on any atom is -0.504 e. The van der Waals surface area contributed by atoms with Crippen LogP contribution in [0.4, 0.5) is 5.69 Å². The Labute approximate surface area is 203 Å². The second-order valence-corrected chi connectivity index (χ2v) is 8.44.